The van der Waals surface area contributed by atoms with Gasteiger partial charge in [0.15, 0.2) is 20.2 Å². The number of rotatable bonds is 56. The first-order valence-electron chi connectivity index (χ1n) is 32.1. The van der Waals surface area contributed by atoms with Crippen LogP contribution in [-0.4, -0.2) is 46.6 Å². The lowest BCUT2D eigenvalue weighted by atomic mass is 9.91. The predicted octanol–water partition coefficient (Wildman–Crippen LogP) is 23.1. The second kappa shape index (κ2) is 53.6. The molecule has 0 aliphatic carbocycles. The van der Waals surface area contributed by atoms with E-state index in [1.54, 1.807) is 0 Å². The molecular weight excluding hydrogens is 973 g/mol. The molecule has 73 heavy (non-hydrogen) atoms. The molecule has 0 saturated carbocycles. The molecule has 0 aromatic carbocycles. The highest BCUT2D eigenvalue weighted by molar-refractivity contribution is 7.80. The van der Waals surface area contributed by atoms with Crippen molar-refractivity contribution < 1.29 is 18.9 Å². The van der Waals surface area contributed by atoms with E-state index in [4.69, 9.17) is 67.8 Å². The van der Waals surface area contributed by atoms with E-state index in [2.05, 4.69) is 55.4 Å². The van der Waals surface area contributed by atoms with Crippen molar-refractivity contribution in [1.29, 1.82) is 0 Å². The molecule has 0 fully saturated rings. The zero-order chi connectivity index (χ0) is 53.9. The van der Waals surface area contributed by atoms with E-state index in [1.165, 1.54) is 257 Å². The summed E-state index contributed by atoms with van der Waals surface area (Å²) in [6, 6.07) is 0. The summed E-state index contributed by atoms with van der Waals surface area (Å²) in [5.74, 6) is 0.707. The third kappa shape index (κ3) is 45.2. The first-order chi connectivity index (χ1) is 35.5. The molecule has 4 atom stereocenters. The topological polar surface area (TPSA) is 36.9 Å². The Morgan fingerprint density at radius 3 is 0.534 bits per heavy atom. The lowest BCUT2D eigenvalue weighted by Crippen LogP contribution is -2.44. The van der Waals surface area contributed by atoms with E-state index >= 15 is 0 Å². The summed E-state index contributed by atoms with van der Waals surface area (Å²) in [6.07, 6.45) is 57.2. The molecule has 0 aromatic rings. The summed E-state index contributed by atoms with van der Waals surface area (Å²) in [7, 11) is 0. The van der Waals surface area contributed by atoms with Crippen molar-refractivity contribution in [2.24, 2.45) is 29.1 Å². The van der Waals surface area contributed by atoms with Crippen LogP contribution in [0.2, 0.25) is 0 Å². The molecular formula is C65H124O4S4. The zero-order valence-electron chi connectivity index (χ0n) is 50.0. The number of hydrogen-bond acceptors (Lipinski definition) is 8. The Kier molecular flexibility index (Phi) is 53.2. The molecule has 0 radical (unpaired) electrons. The van der Waals surface area contributed by atoms with Crippen LogP contribution >= 0.6 is 48.9 Å². The highest BCUT2D eigenvalue weighted by atomic mass is 32.1. The average molecular weight is 1100 g/mol. The molecule has 0 saturated heterocycles. The molecule has 0 heterocycles. The van der Waals surface area contributed by atoms with E-state index in [9.17, 15) is 0 Å². The number of thiocarbonyl (C=S) groups is 4. The van der Waals surface area contributed by atoms with E-state index in [1.807, 2.05) is 0 Å². The minimum atomic E-state index is -0.719. The minimum Gasteiger partial charge on any atom is -0.486 e. The van der Waals surface area contributed by atoms with Crippen molar-refractivity contribution >= 4 is 69.1 Å². The Balaban J connectivity index is 5.88. The van der Waals surface area contributed by atoms with Crippen molar-refractivity contribution in [3.63, 3.8) is 0 Å². The molecule has 0 unspecified atom stereocenters. The van der Waals surface area contributed by atoms with Crippen LogP contribution in [0.25, 0.3) is 0 Å². The number of unbranched alkanes of at least 4 members (excludes halogenated alkanes) is 36. The van der Waals surface area contributed by atoms with Gasteiger partial charge in [-0.2, -0.15) is 0 Å². The molecule has 0 aliphatic heterocycles. The largest absolute Gasteiger partial charge is 0.486 e. The molecule has 432 valence electrons. The SMILES string of the molecule is CCCCCCCCCCCC[C@@H](C)C(=S)OCC(COC(=S)[C@H](C)CCCCCCCCCCCC)(COC(=S)[C@H](C)CCCCCCCCCCCC)COC(=S)[C@H](C)CCCCCCCCCCCC. The highest BCUT2D eigenvalue weighted by Gasteiger charge is 2.38. The molecule has 0 rings (SSSR count). The van der Waals surface area contributed by atoms with Crippen molar-refractivity contribution in [3.8, 4) is 0 Å². The fourth-order valence-corrected chi connectivity index (χ4v) is 10.6. The Morgan fingerprint density at radius 1 is 0.247 bits per heavy atom. The predicted molar refractivity (Wildman–Crippen MR) is 339 cm³/mol. The minimum absolute atomic E-state index is 0.177. The quantitative estimate of drug-likeness (QED) is 0.0441. The zero-order valence-corrected chi connectivity index (χ0v) is 53.3. The van der Waals surface area contributed by atoms with E-state index in [0.717, 1.165) is 25.7 Å². The van der Waals surface area contributed by atoms with Gasteiger partial charge in [-0.25, -0.2) is 0 Å². The van der Waals surface area contributed by atoms with Gasteiger partial charge < -0.3 is 18.9 Å². The molecule has 0 aliphatic rings. The van der Waals surface area contributed by atoms with Crippen LogP contribution in [0.5, 0.6) is 0 Å². The Morgan fingerprint density at radius 2 is 0.384 bits per heavy atom. The molecule has 0 aromatic heterocycles. The summed E-state index contributed by atoms with van der Waals surface area (Å²) >= 11 is 24.2. The summed E-state index contributed by atoms with van der Waals surface area (Å²) in [5.41, 5.74) is -0.719. The van der Waals surface area contributed by atoms with E-state index < -0.39 is 5.41 Å². The van der Waals surface area contributed by atoms with Crippen LogP contribution in [-0.2, 0) is 18.9 Å². The fraction of sp³-hybridized carbons (Fsp3) is 0.938. The van der Waals surface area contributed by atoms with Gasteiger partial charge in [0.2, 0.25) is 0 Å². The van der Waals surface area contributed by atoms with Gasteiger partial charge in [-0.05, 0) is 74.6 Å². The van der Waals surface area contributed by atoms with Crippen LogP contribution in [0.3, 0.4) is 0 Å². The van der Waals surface area contributed by atoms with Gasteiger partial charge in [0.25, 0.3) is 0 Å². The van der Waals surface area contributed by atoms with Gasteiger partial charge in [0.05, 0.1) is 0 Å². The fourth-order valence-electron chi connectivity index (χ4n) is 9.94. The monoisotopic (exact) mass is 1100 g/mol. The Labute approximate surface area is 478 Å². The highest BCUT2D eigenvalue weighted by Crippen LogP contribution is 2.28. The van der Waals surface area contributed by atoms with Crippen molar-refractivity contribution in [3.05, 3.63) is 0 Å². The van der Waals surface area contributed by atoms with Gasteiger partial charge >= 0.3 is 0 Å². The summed E-state index contributed by atoms with van der Waals surface area (Å²) < 4.78 is 26.7. The van der Waals surface area contributed by atoms with Crippen molar-refractivity contribution in [2.45, 2.75) is 338 Å². The maximum absolute atomic E-state index is 6.67. The van der Waals surface area contributed by atoms with Crippen LogP contribution in [0.15, 0.2) is 0 Å². The maximum Gasteiger partial charge on any atom is 0.162 e. The van der Waals surface area contributed by atoms with Gasteiger partial charge in [-0.1, -0.05) is 312 Å². The smallest absolute Gasteiger partial charge is 0.162 e. The van der Waals surface area contributed by atoms with Gasteiger partial charge in [0, 0.05) is 23.7 Å². The molecule has 8 heteroatoms. The van der Waals surface area contributed by atoms with Crippen molar-refractivity contribution in [1.82, 2.24) is 0 Å². The van der Waals surface area contributed by atoms with Gasteiger partial charge in [0.1, 0.15) is 31.8 Å². The molecule has 0 spiro atoms. The Bertz CT molecular complexity index is 1070. The first kappa shape index (κ1) is 72.6. The second-order valence-electron chi connectivity index (χ2n) is 23.4. The van der Waals surface area contributed by atoms with E-state index in [-0.39, 0.29) is 23.7 Å². The van der Waals surface area contributed by atoms with Gasteiger partial charge in [-0.3, -0.25) is 0 Å². The number of hydrogen-bond donors (Lipinski definition) is 0. The third-order valence-corrected chi connectivity index (χ3v) is 17.7. The van der Waals surface area contributed by atoms with Crippen LogP contribution in [0, 0.1) is 29.1 Å². The average Bonchev–Trinajstić information content (AvgIpc) is 3.39. The summed E-state index contributed by atoms with van der Waals surface area (Å²) in [5, 5.41) is 2.63. The molecule has 0 bridgehead atoms. The van der Waals surface area contributed by atoms with E-state index in [0.29, 0.717) is 46.6 Å². The second-order valence-corrected chi connectivity index (χ2v) is 25.0. The van der Waals surface area contributed by atoms with Crippen LogP contribution in [0.1, 0.15) is 338 Å². The lowest BCUT2D eigenvalue weighted by molar-refractivity contribution is -0.0195. The molecule has 0 amide bonds. The first-order valence-corrected chi connectivity index (χ1v) is 33.8. The summed E-state index contributed by atoms with van der Waals surface area (Å²) in [4.78, 5) is 0. The molecule has 4 nitrogen and oxygen atoms in total. The lowest BCUT2D eigenvalue weighted by Gasteiger charge is -2.35. The van der Waals surface area contributed by atoms with Crippen LogP contribution in [0.4, 0.5) is 0 Å². The third-order valence-electron chi connectivity index (χ3n) is 15.7. The number of ether oxygens (including phenoxy) is 4. The maximum atomic E-state index is 6.67. The summed E-state index contributed by atoms with van der Waals surface area (Å²) in [6.45, 7) is 19.3. The Hall–Kier alpha value is -0.440. The van der Waals surface area contributed by atoms with Crippen LogP contribution < -0.4 is 0 Å². The van der Waals surface area contributed by atoms with Gasteiger partial charge in [-0.15, -0.1) is 0 Å². The normalized spacial score (nSPS) is 13.4. The standard InChI is InChI=1S/C65H124O4S4/c1-9-13-17-21-25-29-33-37-41-45-49-57(5)61(70)66-53-65(54-67-62(71)58(6)50-46-42-38-34-30-26-22-18-14-10-2,55-68-63(72)59(7)51-47-43-39-35-31-27-23-19-15-11-3)56-69-64(73)60(8)52-48-44-40-36-32-28-24-20-16-12-4/h57-60H,9-56H2,1-8H3/t57-,58-,59-,60-/m1/s1. The molecule has 0 N–H and O–H groups in total. The van der Waals surface area contributed by atoms with Crippen molar-refractivity contribution in [2.75, 3.05) is 26.4 Å².